The van der Waals surface area contributed by atoms with Crippen LogP contribution in [0.4, 0.5) is 0 Å². The maximum absolute atomic E-state index is 12.6. The molecule has 4 aliphatic rings. The lowest BCUT2D eigenvalue weighted by Crippen LogP contribution is -2.37. The number of hydroxylamine groups is 8. The number of nitrogens with zero attached hydrogens (tertiary/aromatic N) is 4. The molecule has 0 aromatic carbocycles. The van der Waals surface area contributed by atoms with E-state index in [-0.39, 0.29) is 188 Å². The van der Waals surface area contributed by atoms with Crippen LogP contribution in [0.5, 0.6) is 0 Å². The molecule has 4 fully saturated rings. The summed E-state index contributed by atoms with van der Waals surface area (Å²) >= 11 is 0. The van der Waals surface area contributed by atoms with E-state index in [2.05, 4.69) is 42.7 Å². The van der Waals surface area contributed by atoms with Crippen molar-refractivity contribution in [3.8, 4) is 0 Å². The topological polar surface area (TPSA) is 425 Å². The molecule has 0 aliphatic carbocycles. The molecule has 0 saturated carbocycles. The molecular weight excluding hydrogens is 1270 g/mol. The van der Waals surface area contributed by atoms with Crippen LogP contribution in [-0.2, 0) is 149 Å². The maximum atomic E-state index is 12.6. The highest BCUT2D eigenvalue weighted by atomic mass is 17.2. The Kier molecular flexibility index (Phi) is 62.3. The van der Waals surface area contributed by atoms with E-state index in [1.54, 1.807) is 0 Å². The van der Waals surface area contributed by atoms with Gasteiger partial charge in [-0.3, -0.25) is 57.7 Å². The lowest BCUT2D eigenvalue weighted by Gasteiger charge is -2.21. The summed E-state index contributed by atoms with van der Waals surface area (Å²) in [7, 11) is 0. The van der Waals surface area contributed by atoms with Crippen molar-refractivity contribution in [2.75, 3.05) is 66.1 Å². The number of amides is 8. The van der Waals surface area contributed by atoms with Gasteiger partial charge >= 0.3 is 47.8 Å². The average Bonchev–Trinajstić information content (AvgIpc) is 1.81. The SMILES string of the molecule is C.C.C.C.C.C.C.C.C.C.C=C.C=C.C=C(OCCOC(COOC(=O)C(C)C(=O)ON1C(=O)CCC1=O)COOC(=O)C(C)C(=O)ON1C(=O)CCC1=O)OC(COCCOC(=O)CCC(=O)ON1C(=O)CCC1=O)COCCOC(=O)CCC(=O)ON1C(=O)CCC1=O. The standard InChI is InChI=1S/C46H56N4O31.2C2H4.10CH4/c1-26(43(63)78-49-35(55)8-9-36(49)56)45(65)80-73-24-29(25-74-81-46(66)27(2)44(64)79-50-37(57)10-11-38(50)58)70-21-20-69-28(3)75-30(22-67-16-18-71-39(59)12-14-41(61)76-47-31(51)4-5-32(47)52)23-68-17-19-72-40(60)13-15-42(62)77-48-33(53)6-7-34(48)54;2*1-2;;;;;;;;;;/h26-27,29-30H,3-25H2,1-2H3;2*1-2H2;10*1H4. The molecule has 0 N–H and O–H groups in total. The van der Waals surface area contributed by atoms with Gasteiger partial charge in [0.25, 0.3) is 53.2 Å². The summed E-state index contributed by atoms with van der Waals surface area (Å²) in [6.07, 6.45) is -5.71. The van der Waals surface area contributed by atoms with Crippen molar-refractivity contribution < 1.29 is 149 Å². The molecule has 550 valence electrons. The van der Waals surface area contributed by atoms with Gasteiger partial charge in [-0.25, -0.2) is 28.8 Å². The van der Waals surface area contributed by atoms with E-state index in [9.17, 15) is 76.7 Å². The summed E-state index contributed by atoms with van der Waals surface area (Å²) in [5.74, 6) is -19.0. The van der Waals surface area contributed by atoms with E-state index < -0.39 is 165 Å². The van der Waals surface area contributed by atoms with Gasteiger partial charge < -0.3 is 52.5 Å². The summed E-state index contributed by atoms with van der Waals surface area (Å²) < 4.78 is 37.9. The number of hydrogen-bond donors (Lipinski definition) is 0. The molecular formula is C60H104N4O31. The number of ether oxygens (including phenoxy) is 7. The normalized spacial score (nSPS) is 14.0. The van der Waals surface area contributed by atoms with Crippen molar-refractivity contribution in [3.05, 3.63) is 38.8 Å². The molecule has 35 nitrogen and oxygen atoms in total. The van der Waals surface area contributed by atoms with Crippen LogP contribution < -0.4 is 0 Å². The summed E-state index contributed by atoms with van der Waals surface area (Å²) in [4.78, 5) is 230. The number of hydrogen-bond acceptors (Lipinski definition) is 31. The summed E-state index contributed by atoms with van der Waals surface area (Å²) in [5.41, 5.74) is 0. The molecule has 4 saturated heterocycles. The smallest absolute Gasteiger partial charge is 0.356 e. The minimum absolute atomic E-state index is 0. The third-order valence-corrected chi connectivity index (χ3v) is 10.6. The second kappa shape index (κ2) is 56.5. The van der Waals surface area contributed by atoms with Crippen LogP contribution in [0, 0.1) is 11.8 Å². The van der Waals surface area contributed by atoms with Crippen molar-refractivity contribution in [1.82, 2.24) is 20.3 Å². The first-order chi connectivity index (χ1) is 40.5. The van der Waals surface area contributed by atoms with Gasteiger partial charge in [0.15, 0.2) is 11.8 Å². The Morgan fingerprint density at radius 3 is 0.937 bits per heavy atom. The number of rotatable bonds is 37. The molecule has 0 spiro atoms. The van der Waals surface area contributed by atoms with Crippen LogP contribution >= 0.6 is 0 Å². The van der Waals surface area contributed by atoms with Gasteiger partial charge in [0, 0.05) is 51.4 Å². The van der Waals surface area contributed by atoms with Gasteiger partial charge in [-0.1, -0.05) is 74.3 Å². The Hall–Kier alpha value is -9.06. The Balaban J connectivity index is -0.000000740. The number of carbonyl (C=O) groups excluding carboxylic acids is 16. The number of carbonyl (C=O) groups is 16. The second-order valence-electron chi connectivity index (χ2n) is 16.9. The third kappa shape index (κ3) is 38.0. The lowest BCUT2D eigenvalue weighted by molar-refractivity contribution is -0.312. The van der Waals surface area contributed by atoms with Crippen molar-refractivity contribution in [2.24, 2.45) is 11.8 Å². The van der Waals surface area contributed by atoms with E-state index in [0.29, 0.717) is 10.1 Å². The zero-order valence-corrected chi connectivity index (χ0v) is 46.3. The molecule has 8 amide bonds. The molecule has 0 aromatic heterocycles. The predicted molar refractivity (Wildman–Crippen MR) is 333 cm³/mol. The summed E-state index contributed by atoms with van der Waals surface area (Å²) in [6, 6.07) is 0. The number of esters is 2. The van der Waals surface area contributed by atoms with Crippen LogP contribution in [0.2, 0.25) is 0 Å². The van der Waals surface area contributed by atoms with E-state index in [0.717, 1.165) is 13.8 Å². The molecule has 4 aliphatic heterocycles. The van der Waals surface area contributed by atoms with Crippen molar-refractivity contribution in [3.63, 3.8) is 0 Å². The first kappa shape index (κ1) is 105. The minimum Gasteiger partial charge on any atom is -0.463 e. The highest BCUT2D eigenvalue weighted by Gasteiger charge is 2.39. The Bertz CT molecular complexity index is 2260. The van der Waals surface area contributed by atoms with Crippen LogP contribution in [0.1, 0.15) is 165 Å². The quantitative estimate of drug-likeness (QED) is 0.0108. The highest BCUT2D eigenvalue weighted by Crippen LogP contribution is 2.18. The molecule has 95 heavy (non-hydrogen) atoms. The predicted octanol–water partition coefficient (Wildman–Crippen LogP) is 5.54. The van der Waals surface area contributed by atoms with Crippen LogP contribution in [0.3, 0.4) is 0 Å². The largest absolute Gasteiger partial charge is 0.463 e. The zero-order chi connectivity index (χ0) is 63.6. The van der Waals surface area contributed by atoms with Gasteiger partial charge in [0.2, 0.25) is 0 Å². The molecule has 4 rings (SSSR count). The van der Waals surface area contributed by atoms with Gasteiger partial charge in [0.05, 0.1) is 58.7 Å². The van der Waals surface area contributed by atoms with Crippen molar-refractivity contribution in [1.29, 1.82) is 0 Å². The Morgan fingerprint density at radius 1 is 0.358 bits per heavy atom. The van der Waals surface area contributed by atoms with Crippen molar-refractivity contribution in [2.45, 2.75) is 177 Å². The molecule has 0 radical (unpaired) electrons. The summed E-state index contributed by atoms with van der Waals surface area (Å²) in [5, 5.41) is 1.08. The van der Waals surface area contributed by atoms with E-state index in [1.165, 1.54) is 0 Å². The number of imide groups is 4. The molecule has 4 heterocycles. The molecule has 0 aromatic rings. The molecule has 35 heteroatoms. The van der Waals surface area contributed by atoms with E-state index in [1.807, 2.05) is 0 Å². The first-order valence-corrected chi connectivity index (χ1v) is 25.6. The Labute approximate surface area is 556 Å². The molecule has 2 atom stereocenters. The van der Waals surface area contributed by atoms with Gasteiger partial charge in [-0.2, -0.15) is 9.78 Å². The van der Waals surface area contributed by atoms with Crippen LogP contribution in [0.15, 0.2) is 38.8 Å². The van der Waals surface area contributed by atoms with Crippen LogP contribution in [0.25, 0.3) is 0 Å². The minimum atomic E-state index is -1.73. The Morgan fingerprint density at radius 2 is 0.632 bits per heavy atom. The van der Waals surface area contributed by atoms with E-state index in [4.69, 9.17) is 62.3 Å². The maximum Gasteiger partial charge on any atom is 0.356 e. The second-order valence-corrected chi connectivity index (χ2v) is 16.9. The zero-order valence-electron chi connectivity index (χ0n) is 46.3. The van der Waals surface area contributed by atoms with Crippen molar-refractivity contribution >= 4 is 95.0 Å². The highest BCUT2D eigenvalue weighted by molar-refractivity contribution is 6.04. The van der Waals surface area contributed by atoms with Crippen LogP contribution in [-0.4, -0.2) is 194 Å². The average molecular weight is 1380 g/mol. The van der Waals surface area contributed by atoms with E-state index >= 15 is 0 Å². The third-order valence-electron chi connectivity index (χ3n) is 10.6. The van der Waals surface area contributed by atoms with Gasteiger partial charge in [-0.05, 0) is 20.4 Å². The lowest BCUT2D eigenvalue weighted by atomic mass is 10.2. The molecule has 2 unspecified atom stereocenters. The fourth-order valence-electron chi connectivity index (χ4n) is 6.20. The monoisotopic (exact) mass is 1380 g/mol. The summed E-state index contributed by atoms with van der Waals surface area (Å²) in [6.45, 7) is 13.7. The molecule has 0 bridgehead atoms. The van der Waals surface area contributed by atoms with Gasteiger partial charge in [0.1, 0.15) is 45.2 Å². The fourth-order valence-corrected chi connectivity index (χ4v) is 6.20. The fraction of sp³-hybridized carbons (Fsp3) is 0.633. The first-order valence-electron chi connectivity index (χ1n) is 25.6. The van der Waals surface area contributed by atoms with Gasteiger partial charge in [-0.15, -0.1) is 46.6 Å².